The molecule has 0 radical (unpaired) electrons. The molecule has 0 aromatic heterocycles. The van der Waals surface area contributed by atoms with Gasteiger partial charge in [-0.2, -0.15) is 0 Å². The number of fused-ring (bicyclic) bond motifs is 3. The lowest BCUT2D eigenvalue weighted by Crippen LogP contribution is -2.60. The average molecular weight is 323 g/mol. The molecule has 0 saturated heterocycles. The van der Waals surface area contributed by atoms with Crippen molar-refractivity contribution < 1.29 is 14.6 Å². The first-order chi connectivity index (χ1) is 11.6. The SMILES string of the molecule is NC1(CO)CCC1C(=O)OCC1c2ccccc2-c2ccccc21. The Bertz CT molecular complexity index is 738. The Kier molecular flexibility index (Phi) is 3.66. The van der Waals surface area contributed by atoms with E-state index >= 15 is 0 Å². The zero-order valence-corrected chi connectivity index (χ0v) is 13.4. The molecule has 2 aliphatic rings. The molecule has 4 nitrogen and oxygen atoms in total. The van der Waals surface area contributed by atoms with Crippen molar-refractivity contribution in [3.63, 3.8) is 0 Å². The summed E-state index contributed by atoms with van der Waals surface area (Å²) in [4.78, 5) is 12.4. The number of hydrogen-bond acceptors (Lipinski definition) is 4. The Balaban J connectivity index is 1.54. The van der Waals surface area contributed by atoms with Gasteiger partial charge in [0.15, 0.2) is 0 Å². The van der Waals surface area contributed by atoms with Crippen molar-refractivity contribution in [3.05, 3.63) is 59.7 Å². The smallest absolute Gasteiger partial charge is 0.310 e. The van der Waals surface area contributed by atoms with E-state index in [1.807, 2.05) is 24.3 Å². The first-order valence-corrected chi connectivity index (χ1v) is 8.38. The van der Waals surface area contributed by atoms with Gasteiger partial charge in [-0.3, -0.25) is 4.79 Å². The van der Waals surface area contributed by atoms with Gasteiger partial charge in [0.2, 0.25) is 0 Å². The fourth-order valence-electron chi connectivity index (χ4n) is 3.91. The van der Waals surface area contributed by atoms with Crippen molar-refractivity contribution >= 4 is 5.97 Å². The molecule has 2 aromatic carbocycles. The molecule has 1 saturated carbocycles. The van der Waals surface area contributed by atoms with Gasteiger partial charge in [0.05, 0.1) is 18.1 Å². The van der Waals surface area contributed by atoms with E-state index in [-0.39, 0.29) is 18.5 Å². The summed E-state index contributed by atoms with van der Waals surface area (Å²) in [6.07, 6.45) is 1.35. The number of nitrogens with two attached hydrogens (primary N) is 1. The van der Waals surface area contributed by atoms with E-state index in [1.54, 1.807) is 0 Å². The van der Waals surface area contributed by atoms with Gasteiger partial charge in [-0.25, -0.2) is 0 Å². The first-order valence-electron chi connectivity index (χ1n) is 8.38. The lowest BCUT2D eigenvalue weighted by Gasteiger charge is -2.43. The number of carbonyl (C=O) groups excluding carboxylic acids is 1. The molecule has 2 atom stereocenters. The number of aliphatic hydroxyl groups excluding tert-OH is 1. The fraction of sp³-hybridized carbons (Fsp3) is 0.350. The molecule has 2 aliphatic carbocycles. The van der Waals surface area contributed by atoms with Crippen LogP contribution in [0.2, 0.25) is 0 Å². The van der Waals surface area contributed by atoms with Gasteiger partial charge >= 0.3 is 5.97 Å². The van der Waals surface area contributed by atoms with E-state index in [0.29, 0.717) is 19.4 Å². The molecule has 4 rings (SSSR count). The molecule has 0 heterocycles. The second kappa shape index (κ2) is 5.72. The van der Waals surface area contributed by atoms with E-state index in [4.69, 9.17) is 10.5 Å². The van der Waals surface area contributed by atoms with Crippen LogP contribution in [0.1, 0.15) is 29.9 Å². The van der Waals surface area contributed by atoms with Crippen LogP contribution < -0.4 is 5.73 Å². The zero-order valence-electron chi connectivity index (χ0n) is 13.4. The van der Waals surface area contributed by atoms with Gasteiger partial charge < -0.3 is 15.6 Å². The second-order valence-corrected chi connectivity index (χ2v) is 6.84. The summed E-state index contributed by atoms with van der Waals surface area (Å²) in [6, 6.07) is 16.5. The maximum atomic E-state index is 12.4. The van der Waals surface area contributed by atoms with E-state index in [9.17, 15) is 9.90 Å². The van der Waals surface area contributed by atoms with Crippen LogP contribution in [0.25, 0.3) is 11.1 Å². The molecule has 2 unspecified atom stereocenters. The number of benzene rings is 2. The number of ether oxygens (including phenoxy) is 1. The molecule has 4 heteroatoms. The van der Waals surface area contributed by atoms with Crippen LogP contribution in [0.3, 0.4) is 0 Å². The van der Waals surface area contributed by atoms with Crippen LogP contribution >= 0.6 is 0 Å². The predicted octanol–water partition coefficient (Wildman–Crippen LogP) is 2.44. The van der Waals surface area contributed by atoms with E-state index in [1.165, 1.54) is 22.3 Å². The Morgan fingerprint density at radius 1 is 1.12 bits per heavy atom. The lowest BCUT2D eigenvalue weighted by atomic mass is 9.68. The average Bonchev–Trinajstić information content (AvgIpc) is 2.92. The Hall–Kier alpha value is -2.17. The van der Waals surface area contributed by atoms with Gasteiger partial charge in [0, 0.05) is 5.92 Å². The van der Waals surface area contributed by atoms with Crippen LogP contribution in [-0.2, 0) is 9.53 Å². The van der Waals surface area contributed by atoms with Crippen molar-refractivity contribution in [1.29, 1.82) is 0 Å². The quantitative estimate of drug-likeness (QED) is 0.848. The second-order valence-electron chi connectivity index (χ2n) is 6.84. The molecular weight excluding hydrogens is 302 g/mol. The highest BCUT2D eigenvalue weighted by atomic mass is 16.5. The summed E-state index contributed by atoms with van der Waals surface area (Å²) < 4.78 is 5.61. The molecule has 24 heavy (non-hydrogen) atoms. The summed E-state index contributed by atoms with van der Waals surface area (Å²) in [5.74, 6) is -0.628. The van der Waals surface area contributed by atoms with Gasteiger partial charge in [-0.1, -0.05) is 48.5 Å². The maximum Gasteiger partial charge on any atom is 0.310 e. The van der Waals surface area contributed by atoms with Crippen molar-refractivity contribution in [2.45, 2.75) is 24.3 Å². The number of esters is 1. The molecule has 0 aliphatic heterocycles. The minimum Gasteiger partial charge on any atom is -0.464 e. The summed E-state index contributed by atoms with van der Waals surface area (Å²) in [5.41, 5.74) is 10.0. The highest BCUT2D eigenvalue weighted by Gasteiger charge is 2.48. The molecule has 0 spiro atoms. The van der Waals surface area contributed by atoms with Crippen LogP contribution in [0, 0.1) is 5.92 Å². The molecule has 2 aromatic rings. The lowest BCUT2D eigenvalue weighted by molar-refractivity contribution is -0.157. The Morgan fingerprint density at radius 2 is 1.71 bits per heavy atom. The highest BCUT2D eigenvalue weighted by Crippen LogP contribution is 2.45. The van der Waals surface area contributed by atoms with Crippen molar-refractivity contribution in [3.8, 4) is 11.1 Å². The molecular formula is C20H21NO3. The van der Waals surface area contributed by atoms with Gasteiger partial charge in [-0.05, 0) is 35.1 Å². The number of aliphatic hydroxyl groups is 1. The topological polar surface area (TPSA) is 72.5 Å². The number of carbonyl (C=O) groups is 1. The van der Waals surface area contributed by atoms with E-state index in [0.717, 1.165) is 0 Å². The van der Waals surface area contributed by atoms with Crippen LogP contribution in [0.4, 0.5) is 0 Å². The van der Waals surface area contributed by atoms with Crippen LogP contribution in [-0.4, -0.2) is 29.8 Å². The standard InChI is InChI=1S/C20H21NO3/c21-20(12-22)10-9-18(20)19(23)24-11-17-15-7-3-1-5-13(15)14-6-2-4-8-16(14)17/h1-8,17-18,22H,9-12,21H2. The largest absolute Gasteiger partial charge is 0.464 e. The first kappa shape index (κ1) is 15.4. The molecule has 0 amide bonds. The summed E-state index contributed by atoms with van der Waals surface area (Å²) in [5, 5.41) is 9.37. The molecule has 0 bridgehead atoms. The minimum absolute atomic E-state index is 0.0581. The molecule has 3 N–H and O–H groups in total. The monoisotopic (exact) mass is 323 g/mol. The minimum atomic E-state index is -0.803. The number of rotatable bonds is 4. The Morgan fingerprint density at radius 3 is 2.21 bits per heavy atom. The summed E-state index contributed by atoms with van der Waals surface area (Å²) in [7, 11) is 0. The fourth-order valence-corrected chi connectivity index (χ4v) is 3.91. The molecule has 124 valence electrons. The highest BCUT2D eigenvalue weighted by molar-refractivity contribution is 5.79. The summed E-state index contributed by atoms with van der Waals surface area (Å²) in [6.45, 7) is 0.132. The number of hydrogen-bond donors (Lipinski definition) is 2. The van der Waals surface area contributed by atoms with E-state index < -0.39 is 11.5 Å². The molecule has 1 fully saturated rings. The van der Waals surface area contributed by atoms with Crippen molar-refractivity contribution in [2.24, 2.45) is 11.7 Å². The third kappa shape index (κ3) is 2.26. The van der Waals surface area contributed by atoms with E-state index in [2.05, 4.69) is 24.3 Å². The third-order valence-electron chi connectivity index (χ3n) is 5.53. The van der Waals surface area contributed by atoms with Crippen LogP contribution in [0.15, 0.2) is 48.5 Å². The van der Waals surface area contributed by atoms with Crippen molar-refractivity contribution in [1.82, 2.24) is 0 Å². The normalized spacial score (nSPS) is 24.8. The Labute approximate surface area is 141 Å². The third-order valence-corrected chi connectivity index (χ3v) is 5.53. The maximum absolute atomic E-state index is 12.4. The predicted molar refractivity (Wildman–Crippen MR) is 91.4 cm³/mol. The van der Waals surface area contributed by atoms with Gasteiger partial charge in [-0.15, -0.1) is 0 Å². The van der Waals surface area contributed by atoms with Gasteiger partial charge in [0.1, 0.15) is 6.61 Å². The van der Waals surface area contributed by atoms with Gasteiger partial charge in [0.25, 0.3) is 0 Å². The van der Waals surface area contributed by atoms with Crippen LogP contribution in [0.5, 0.6) is 0 Å². The van der Waals surface area contributed by atoms with Crippen molar-refractivity contribution in [2.75, 3.05) is 13.2 Å². The summed E-state index contributed by atoms with van der Waals surface area (Å²) >= 11 is 0. The zero-order chi connectivity index (χ0) is 16.7.